The van der Waals surface area contributed by atoms with E-state index in [4.69, 9.17) is 10.5 Å². The first kappa shape index (κ1) is 11.9. The fourth-order valence-corrected chi connectivity index (χ4v) is 1.67. The SMILES string of the molecule is COc1c(Br)cc(C(=O)CN)c(O)c1F. The minimum Gasteiger partial charge on any atom is -0.504 e. The first-order valence-corrected chi connectivity index (χ1v) is 4.80. The molecule has 0 aromatic heterocycles. The van der Waals surface area contributed by atoms with Crippen molar-refractivity contribution < 1.29 is 19.0 Å². The molecule has 0 aliphatic carbocycles. The molecule has 0 bridgehead atoms. The van der Waals surface area contributed by atoms with E-state index in [0.29, 0.717) is 0 Å². The van der Waals surface area contributed by atoms with Crippen LogP contribution in [0.5, 0.6) is 11.5 Å². The van der Waals surface area contributed by atoms with Crippen molar-refractivity contribution in [2.24, 2.45) is 5.73 Å². The molecular formula is C9H9BrFNO3. The summed E-state index contributed by atoms with van der Waals surface area (Å²) in [7, 11) is 1.26. The van der Waals surface area contributed by atoms with Crippen LogP contribution < -0.4 is 10.5 Å². The fraction of sp³-hybridized carbons (Fsp3) is 0.222. The minimum absolute atomic E-state index is 0.152. The Morgan fingerprint density at radius 3 is 2.80 bits per heavy atom. The van der Waals surface area contributed by atoms with Gasteiger partial charge in [-0.3, -0.25) is 4.79 Å². The second-order valence-corrected chi connectivity index (χ2v) is 3.58. The first-order valence-electron chi connectivity index (χ1n) is 4.01. The second-order valence-electron chi connectivity index (χ2n) is 2.73. The average molecular weight is 278 g/mol. The summed E-state index contributed by atoms with van der Waals surface area (Å²) in [6.07, 6.45) is 0. The van der Waals surface area contributed by atoms with Crippen molar-refractivity contribution in [1.82, 2.24) is 0 Å². The van der Waals surface area contributed by atoms with Crippen molar-refractivity contribution in [2.75, 3.05) is 13.7 Å². The first-order chi connectivity index (χ1) is 7.02. The van der Waals surface area contributed by atoms with Gasteiger partial charge in [-0.1, -0.05) is 0 Å². The van der Waals surface area contributed by atoms with Crippen LogP contribution in [0.1, 0.15) is 10.4 Å². The highest BCUT2D eigenvalue weighted by Crippen LogP contribution is 2.36. The van der Waals surface area contributed by atoms with Crippen molar-refractivity contribution >= 4 is 21.7 Å². The molecule has 0 saturated carbocycles. The highest BCUT2D eigenvalue weighted by atomic mass is 79.9. The number of rotatable bonds is 3. The van der Waals surface area contributed by atoms with E-state index in [1.165, 1.54) is 13.2 Å². The van der Waals surface area contributed by atoms with Gasteiger partial charge in [-0.2, -0.15) is 4.39 Å². The molecule has 6 heteroatoms. The molecule has 1 aromatic rings. The lowest BCUT2D eigenvalue weighted by Gasteiger charge is -2.09. The summed E-state index contributed by atoms with van der Waals surface area (Å²) in [5, 5.41) is 9.38. The molecule has 0 unspecified atom stereocenters. The predicted molar refractivity (Wildman–Crippen MR) is 55.7 cm³/mol. The molecule has 0 amide bonds. The lowest BCUT2D eigenvalue weighted by atomic mass is 10.1. The van der Waals surface area contributed by atoms with Gasteiger partial charge < -0.3 is 15.6 Å². The predicted octanol–water partition coefficient (Wildman–Crippen LogP) is 1.44. The third kappa shape index (κ3) is 2.10. The van der Waals surface area contributed by atoms with Crippen LogP contribution in [0.2, 0.25) is 0 Å². The molecular weight excluding hydrogens is 269 g/mol. The number of hydrogen-bond acceptors (Lipinski definition) is 4. The van der Waals surface area contributed by atoms with E-state index in [9.17, 15) is 14.3 Å². The monoisotopic (exact) mass is 277 g/mol. The van der Waals surface area contributed by atoms with Gasteiger partial charge in [0.2, 0.25) is 5.82 Å². The van der Waals surface area contributed by atoms with Crippen molar-refractivity contribution in [3.8, 4) is 11.5 Å². The molecule has 1 rings (SSSR count). The number of halogens is 2. The van der Waals surface area contributed by atoms with Crippen LogP contribution in [-0.2, 0) is 0 Å². The Kier molecular flexibility index (Phi) is 3.65. The lowest BCUT2D eigenvalue weighted by molar-refractivity contribution is 0.0998. The maximum Gasteiger partial charge on any atom is 0.208 e. The quantitative estimate of drug-likeness (QED) is 0.821. The summed E-state index contributed by atoms with van der Waals surface area (Å²) in [4.78, 5) is 11.2. The Hall–Kier alpha value is -1.14. The zero-order valence-corrected chi connectivity index (χ0v) is 9.47. The van der Waals surface area contributed by atoms with Gasteiger partial charge in [0.15, 0.2) is 17.3 Å². The number of phenolic OH excluding ortho intramolecular Hbond substituents is 1. The Morgan fingerprint density at radius 2 is 2.33 bits per heavy atom. The van der Waals surface area contributed by atoms with Crippen molar-refractivity contribution in [2.45, 2.75) is 0 Å². The van der Waals surface area contributed by atoms with Gasteiger partial charge in [-0.15, -0.1) is 0 Å². The summed E-state index contributed by atoms with van der Waals surface area (Å²) in [5.74, 6) is -2.43. The topological polar surface area (TPSA) is 72.5 Å². The largest absolute Gasteiger partial charge is 0.504 e. The average Bonchev–Trinajstić information content (AvgIpc) is 2.23. The van der Waals surface area contributed by atoms with Crippen LogP contribution in [0.4, 0.5) is 4.39 Å². The number of aromatic hydroxyl groups is 1. The minimum atomic E-state index is -0.983. The number of ketones is 1. The van der Waals surface area contributed by atoms with Crippen LogP contribution in [0.3, 0.4) is 0 Å². The Bertz CT molecular complexity index is 409. The number of ether oxygens (including phenoxy) is 1. The van der Waals surface area contributed by atoms with Crippen molar-refractivity contribution in [3.63, 3.8) is 0 Å². The van der Waals surface area contributed by atoms with Gasteiger partial charge in [-0.05, 0) is 22.0 Å². The molecule has 0 heterocycles. The molecule has 0 radical (unpaired) electrons. The van der Waals surface area contributed by atoms with E-state index in [1.807, 2.05) is 0 Å². The molecule has 82 valence electrons. The molecule has 3 N–H and O–H groups in total. The Morgan fingerprint density at radius 1 is 1.73 bits per heavy atom. The van der Waals surface area contributed by atoms with Gasteiger partial charge >= 0.3 is 0 Å². The maximum absolute atomic E-state index is 13.4. The third-order valence-corrected chi connectivity index (χ3v) is 2.43. The van der Waals surface area contributed by atoms with Gasteiger partial charge in [-0.25, -0.2) is 0 Å². The van der Waals surface area contributed by atoms with Crippen molar-refractivity contribution in [3.05, 3.63) is 21.9 Å². The van der Waals surface area contributed by atoms with Crippen LogP contribution in [0.25, 0.3) is 0 Å². The summed E-state index contributed by atoms with van der Waals surface area (Å²) < 4.78 is 18.4. The number of phenols is 1. The number of methoxy groups -OCH3 is 1. The number of carbonyl (C=O) groups excluding carboxylic acids is 1. The Labute approximate surface area is 94.0 Å². The van der Waals surface area contributed by atoms with Gasteiger partial charge in [0.05, 0.1) is 23.7 Å². The van der Waals surface area contributed by atoms with Crippen LogP contribution >= 0.6 is 15.9 Å². The summed E-state index contributed by atoms with van der Waals surface area (Å²) in [6.45, 7) is -0.300. The molecule has 4 nitrogen and oxygen atoms in total. The molecule has 0 aliphatic rings. The molecule has 0 fully saturated rings. The summed E-state index contributed by atoms with van der Waals surface area (Å²) in [6, 6.07) is 1.27. The molecule has 0 aliphatic heterocycles. The maximum atomic E-state index is 13.4. The van der Waals surface area contributed by atoms with Crippen LogP contribution in [0, 0.1) is 5.82 Å². The zero-order chi connectivity index (χ0) is 11.6. The molecule has 15 heavy (non-hydrogen) atoms. The standard InChI is InChI=1S/C9H9BrFNO3/c1-15-9-5(10)2-4(6(13)3-12)8(14)7(9)11/h2,14H,3,12H2,1H3. The van der Waals surface area contributed by atoms with E-state index in [1.54, 1.807) is 0 Å². The molecule has 1 aromatic carbocycles. The summed E-state index contributed by atoms with van der Waals surface area (Å²) in [5.41, 5.74) is 4.95. The molecule has 0 atom stereocenters. The fourth-order valence-electron chi connectivity index (χ4n) is 1.10. The summed E-state index contributed by atoms with van der Waals surface area (Å²) >= 11 is 3.02. The third-order valence-electron chi connectivity index (χ3n) is 1.84. The highest BCUT2D eigenvalue weighted by Gasteiger charge is 2.20. The van der Waals surface area contributed by atoms with E-state index < -0.39 is 17.3 Å². The van der Waals surface area contributed by atoms with Gasteiger partial charge in [0.25, 0.3) is 0 Å². The van der Waals surface area contributed by atoms with Crippen LogP contribution in [-0.4, -0.2) is 24.5 Å². The van der Waals surface area contributed by atoms with E-state index in [0.717, 1.165) is 0 Å². The number of hydrogen-bond donors (Lipinski definition) is 2. The number of nitrogens with two attached hydrogens (primary N) is 1. The highest BCUT2D eigenvalue weighted by molar-refractivity contribution is 9.10. The van der Waals surface area contributed by atoms with E-state index >= 15 is 0 Å². The van der Waals surface area contributed by atoms with Crippen LogP contribution in [0.15, 0.2) is 10.5 Å². The zero-order valence-electron chi connectivity index (χ0n) is 7.88. The van der Waals surface area contributed by atoms with E-state index in [2.05, 4.69) is 15.9 Å². The number of carbonyl (C=O) groups is 1. The number of benzene rings is 1. The smallest absolute Gasteiger partial charge is 0.208 e. The number of Topliss-reactive ketones (excluding diaryl/α,β-unsaturated/α-hetero) is 1. The molecule has 0 spiro atoms. The lowest BCUT2D eigenvalue weighted by Crippen LogP contribution is -2.14. The second kappa shape index (κ2) is 4.59. The van der Waals surface area contributed by atoms with Gasteiger partial charge in [0.1, 0.15) is 0 Å². The normalized spacial score (nSPS) is 10.1. The van der Waals surface area contributed by atoms with Crippen molar-refractivity contribution in [1.29, 1.82) is 0 Å². The Balaban J connectivity index is 3.40. The molecule has 0 saturated heterocycles. The van der Waals surface area contributed by atoms with E-state index in [-0.39, 0.29) is 22.3 Å². The van der Waals surface area contributed by atoms with Gasteiger partial charge in [0, 0.05) is 0 Å².